The Bertz CT molecular complexity index is 907. The first-order valence-electron chi connectivity index (χ1n) is 14.1. The molecule has 2 saturated carbocycles. The molecule has 2 aliphatic carbocycles. The van der Waals surface area contributed by atoms with Crippen molar-refractivity contribution in [2.24, 2.45) is 17.8 Å². The maximum absolute atomic E-state index is 15.0. The molecule has 3 heteroatoms. The number of hydrogen-bond donors (Lipinski definition) is 0. The summed E-state index contributed by atoms with van der Waals surface area (Å²) in [6, 6.07) is 7.21. The summed E-state index contributed by atoms with van der Waals surface area (Å²) in [5.41, 5.74) is 0.578. The molecule has 2 aromatic carbocycles. The van der Waals surface area contributed by atoms with Crippen LogP contribution < -0.4 is 4.74 Å². The highest BCUT2D eigenvalue weighted by Crippen LogP contribution is 2.42. The van der Waals surface area contributed by atoms with E-state index in [1.165, 1.54) is 64.2 Å². The average Bonchev–Trinajstić information content (AvgIpc) is 2.87. The predicted octanol–water partition coefficient (Wildman–Crippen LogP) is 9.96. The largest absolute Gasteiger partial charge is 0.494 e. The summed E-state index contributed by atoms with van der Waals surface area (Å²) in [5.74, 6) is 2.03. The predicted molar refractivity (Wildman–Crippen MR) is 139 cm³/mol. The van der Waals surface area contributed by atoms with Crippen molar-refractivity contribution < 1.29 is 13.5 Å². The van der Waals surface area contributed by atoms with Gasteiger partial charge in [-0.15, -0.1) is 0 Å². The lowest BCUT2D eigenvalue weighted by atomic mass is 9.73. The van der Waals surface area contributed by atoms with Crippen molar-refractivity contribution in [1.29, 1.82) is 0 Å². The molecule has 0 heterocycles. The van der Waals surface area contributed by atoms with Crippen molar-refractivity contribution in [2.75, 3.05) is 6.61 Å². The van der Waals surface area contributed by atoms with E-state index in [4.69, 9.17) is 4.74 Å². The first-order valence-corrected chi connectivity index (χ1v) is 14.1. The van der Waals surface area contributed by atoms with E-state index < -0.39 is 11.6 Å². The van der Waals surface area contributed by atoms with Crippen molar-refractivity contribution in [3.8, 4) is 5.75 Å². The van der Waals surface area contributed by atoms with Crippen LogP contribution in [-0.4, -0.2) is 6.61 Å². The zero-order chi connectivity index (χ0) is 23.9. The Morgan fingerprint density at radius 2 is 1.35 bits per heavy atom. The third-order valence-electron chi connectivity index (χ3n) is 8.78. The first kappa shape index (κ1) is 25.5. The van der Waals surface area contributed by atoms with Gasteiger partial charge >= 0.3 is 0 Å². The normalized spacial score (nSPS) is 25.5. The molecule has 0 saturated heterocycles. The molecular weight excluding hydrogens is 426 g/mol. The fraction of sp³-hybridized carbons (Fsp3) is 0.677. The fourth-order valence-electron chi connectivity index (χ4n) is 6.61. The van der Waals surface area contributed by atoms with Gasteiger partial charge in [-0.2, -0.15) is 0 Å². The molecule has 4 rings (SSSR count). The maximum Gasteiger partial charge on any atom is 0.167 e. The van der Waals surface area contributed by atoms with Gasteiger partial charge in [0.1, 0.15) is 5.75 Å². The van der Waals surface area contributed by atoms with Crippen molar-refractivity contribution >= 4 is 10.8 Å². The topological polar surface area (TPSA) is 9.23 Å². The Balaban J connectivity index is 1.26. The molecule has 2 aliphatic rings. The maximum atomic E-state index is 15.0. The van der Waals surface area contributed by atoms with Gasteiger partial charge in [-0.25, -0.2) is 8.78 Å². The minimum atomic E-state index is -0.721. The lowest BCUT2D eigenvalue weighted by Gasteiger charge is -2.32. The minimum Gasteiger partial charge on any atom is -0.494 e. The van der Waals surface area contributed by atoms with E-state index in [2.05, 4.69) is 6.92 Å². The third kappa shape index (κ3) is 6.32. The third-order valence-corrected chi connectivity index (χ3v) is 8.78. The van der Waals surface area contributed by atoms with Crippen LogP contribution in [0.3, 0.4) is 0 Å². The number of fused-ring (bicyclic) bond motifs is 1. The monoisotopic (exact) mass is 470 g/mol. The fourth-order valence-corrected chi connectivity index (χ4v) is 6.61. The molecule has 0 radical (unpaired) electrons. The van der Waals surface area contributed by atoms with E-state index >= 15 is 4.39 Å². The SMILES string of the molecule is CCCCCC1CCC(CCC2CCC(c3cc4ccc(OCC)cc4c(F)c3F)CC2)CC1. The number of unbranched alkanes of at least 4 members (excludes halogenated alkanes) is 2. The Kier molecular flexibility index (Phi) is 9.25. The highest BCUT2D eigenvalue weighted by molar-refractivity contribution is 5.85. The van der Waals surface area contributed by atoms with E-state index in [1.807, 2.05) is 25.1 Å². The lowest BCUT2D eigenvalue weighted by molar-refractivity contribution is 0.221. The Hall–Kier alpha value is -1.64. The van der Waals surface area contributed by atoms with Gasteiger partial charge in [0.05, 0.1) is 6.61 Å². The molecule has 0 unspecified atom stereocenters. The Morgan fingerprint density at radius 1 is 0.735 bits per heavy atom. The molecule has 0 amide bonds. The van der Waals surface area contributed by atoms with Crippen molar-refractivity contribution in [1.82, 2.24) is 0 Å². The van der Waals surface area contributed by atoms with Crippen LogP contribution >= 0.6 is 0 Å². The molecule has 0 N–H and O–H groups in total. The van der Waals surface area contributed by atoms with E-state index in [1.54, 1.807) is 6.07 Å². The zero-order valence-electron chi connectivity index (χ0n) is 21.4. The van der Waals surface area contributed by atoms with E-state index in [-0.39, 0.29) is 5.92 Å². The number of halogens is 2. The summed E-state index contributed by atoms with van der Waals surface area (Å²) < 4.78 is 35.4. The number of benzene rings is 2. The first-order chi connectivity index (χ1) is 16.6. The van der Waals surface area contributed by atoms with Crippen LogP contribution in [-0.2, 0) is 0 Å². The highest BCUT2D eigenvalue weighted by atomic mass is 19.2. The highest BCUT2D eigenvalue weighted by Gasteiger charge is 2.28. The molecule has 0 spiro atoms. The lowest BCUT2D eigenvalue weighted by Crippen LogP contribution is -2.18. The van der Waals surface area contributed by atoms with Crippen LogP contribution in [0.4, 0.5) is 8.78 Å². The molecule has 1 nitrogen and oxygen atoms in total. The van der Waals surface area contributed by atoms with Crippen LogP contribution in [0.2, 0.25) is 0 Å². The van der Waals surface area contributed by atoms with Crippen LogP contribution in [0.15, 0.2) is 24.3 Å². The molecule has 0 bridgehead atoms. The van der Waals surface area contributed by atoms with E-state index in [0.717, 1.165) is 48.8 Å². The second-order valence-electron chi connectivity index (χ2n) is 11.1. The molecule has 34 heavy (non-hydrogen) atoms. The quantitative estimate of drug-likeness (QED) is 0.314. The van der Waals surface area contributed by atoms with Gasteiger partial charge < -0.3 is 4.74 Å². The standard InChI is InChI=1S/C31H44F2O/c1-3-5-6-7-22-8-10-23(11-9-22)12-13-24-14-16-25(17-15-24)28-20-26-18-19-27(34-4-2)21-29(26)31(33)30(28)32/h18-25H,3-17H2,1-2H3. The molecule has 188 valence electrons. The number of rotatable bonds is 10. The van der Waals surface area contributed by atoms with Crippen LogP contribution in [0.25, 0.3) is 10.8 Å². The van der Waals surface area contributed by atoms with Crippen molar-refractivity contribution in [3.63, 3.8) is 0 Å². The minimum absolute atomic E-state index is 0.139. The second kappa shape index (κ2) is 12.4. The smallest absolute Gasteiger partial charge is 0.167 e. The molecule has 0 atom stereocenters. The molecule has 2 fully saturated rings. The average molecular weight is 471 g/mol. The van der Waals surface area contributed by atoms with Gasteiger partial charge in [0.15, 0.2) is 11.6 Å². The summed E-state index contributed by atoms with van der Waals surface area (Å²) in [6.07, 6.45) is 18.3. The van der Waals surface area contributed by atoms with Crippen LogP contribution in [0.1, 0.15) is 115 Å². The second-order valence-corrected chi connectivity index (χ2v) is 11.1. The summed E-state index contributed by atoms with van der Waals surface area (Å²) in [6.45, 7) is 4.69. The van der Waals surface area contributed by atoms with Gasteiger partial charge in [-0.3, -0.25) is 0 Å². The van der Waals surface area contributed by atoms with Crippen molar-refractivity contribution in [2.45, 2.75) is 110 Å². The summed E-state index contributed by atoms with van der Waals surface area (Å²) in [5, 5.41) is 1.09. The van der Waals surface area contributed by atoms with Gasteiger partial charge in [-0.1, -0.05) is 77.2 Å². The Morgan fingerprint density at radius 3 is 1.97 bits per heavy atom. The molecule has 2 aromatic rings. The summed E-state index contributed by atoms with van der Waals surface area (Å²) >= 11 is 0. The summed E-state index contributed by atoms with van der Waals surface area (Å²) in [7, 11) is 0. The zero-order valence-corrected chi connectivity index (χ0v) is 21.4. The number of ether oxygens (including phenoxy) is 1. The van der Waals surface area contributed by atoms with Crippen molar-refractivity contribution in [3.05, 3.63) is 41.5 Å². The van der Waals surface area contributed by atoms with Gasteiger partial charge in [0.25, 0.3) is 0 Å². The van der Waals surface area contributed by atoms with E-state index in [9.17, 15) is 4.39 Å². The van der Waals surface area contributed by atoms with E-state index in [0.29, 0.717) is 23.3 Å². The van der Waals surface area contributed by atoms with Gasteiger partial charge in [0, 0.05) is 5.39 Å². The van der Waals surface area contributed by atoms with Gasteiger partial charge in [0.2, 0.25) is 0 Å². The molecule has 0 aromatic heterocycles. The molecule has 0 aliphatic heterocycles. The Labute approximate surface area is 205 Å². The molecular formula is C31H44F2O. The van der Waals surface area contributed by atoms with Crippen LogP contribution in [0, 0.1) is 29.4 Å². The summed E-state index contributed by atoms with van der Waals surface area (Å²) in [4.78, 5) is 0. The van der Waals surface area contributed by atoms with Gasteiger partial charge in [-0.05, 0) is 85.4 Å². The number of hydrogen-bond acceptors (Lipinski definition) is 1. The van der Waals surface area contributed by atoms with Crippen LogP contribution in [0.5, 0.6) is 5.75 Å².